The topological polar surface area (TPSA) is 52.7 Å². The molecule has 1 N–H and O–H groups in total. The van der Waals surface area contributed by atoms with Gasteiger partial charge in [-0.15, -0.1) is 0 Å². The number of piperazine rings is 1. The van der Waals surface area contributed by atoms with E-state index in [0.29, 0.717) is 18.0 Å². The van der Waals surface area contributed by atoms with E-state index in [2.05, 4.69) is 10.2 Å². The maximum Gasteiger partial charge on any atom is 0.243 e. The minimum Gasteiger partial charge on any atom is -0.317 e. The molecule has 6 heteroatoms. The van der Waals surface area contributed by atoms with Gasteiger partial charge in [0, 0.05) is 32.7 Å². The Morgan fingerprint density at radius 3 is 2.48 bits per heavy atom. The Kier molecular flexibility index (Phi) is 5.13. The fraction of sp³-hybridized carbons (Fsp3) is 0.684. The minimum absolute atomic E-state index is 0.486. The number of fused-ring (bicyclic) bond motifs is 1. The first-order chi connectivity index (χ1) is 12.1. The summed E-state index contributed by atoms with van der Waals surface area (Å²) in [4.78, 5) is 2.94. The number of sulfonamides is 1. The number of nitrogens with one attached hydrogen (secondary N) is 1. The Labute approximate surface area is 151 Å². The Morgan fingerprint density at radius 2 is 1.72 bits per heavy atom. The molecule has 3 aliphatic rings. The third kappa shape index (κ3) is 3.77. The van der Waals surface area contributed by atoms with Crippen molar-refractivity contribution in [1.29, 1.82) is 0 Å². The number of nitrogens with zero attached hydrogens (tertiary/aromatic N) is 2. The highest BCUT2D eigenvalue weighted by atomic mass is 32.2. The van der Waals surface area contributed by atoms with Gasteiger partial charge in [0.05, 0.1) is 4.90 Å². The summed E-state index contributed by atoms with van der Waals surface area (Å²) in [5.41, 5.74) is 2.55. The zero-order chi connectivity index (χ0) is 17.3. The van der Waals surface area contributed by atoms with Crippen LogP contribution >= 0.6 is 0 Å². The van der Waals surface area contributed by atoms with Crippen molar-refractivity contribution in [1.82, 2.24) is 14.5 Å². The highest BCUT2D eigenvalue weighted by molar-refractivity contribution is 7.89. The summed E-state index contributed by atoms with van der Waals surface area (Å²) in [5.74, 6) is 0.765. The van der Waals surface area contributed by atoms with Gasteiger partial charge in [0.2, 0.25) is 10.0 Å². The van der Waals surface area contributed by atoms with Crippen molar-refractivity contribution < 1.29 is 8.42 Å². The second-order valence-electron chi connectivity index (χ2n) is 7.68. The van der Waals surface area contributed by atoms with Crippen molar-refractivity contribution in [2.24, 2.45) is 5.92 Å². The molecule has 138 valence electrons. The quantitative estimate of drug-likeness (QED) is 0.880. The van der Waals surface area contributed by atoms with Crippen LogP contribution in [0.5, 0.6) is 0 Å². The predicted molar refractivity (Wildman–Crippen MR) is 99.3 cm³/mol. The van der Waals surface area contributed by atoms with Gasteiger partial charge in [-0.05, 0) is 74.4 Å². The van der Waals surface area contributed by atoms with Crippen LogP contribution in [0.1, 0.15) is 30.4 Å². The third-order valence-corrected chi connectivity index (χ3v) is 7.91. The molecule has 0 amide bonds. The van der Waals surface area contributed by atoms with Gasteiger partial charge in [-0.25, -0.2) is 8.42 Å². The van der Waals surface area contributed by atoms with Gasteiger partial charge < -0.3 is 10.2 Å². The van der Waals surface area contributed by atoms with Crippen LogP contribution in [0.25, 0.3) is 0 Å². The van der Waals surface area contributed by atoms with E-state index < -0.39 is 10.0 Å². The highest BCUT2D eigenvalue weighted by Gasteiger charge is 2.30. The van der Waals surface area contributed by atoms with Crippen LogP contribution in [0.4, 0.5) is 0 Å². The van der Waals surface area contributed by atoms with Crippen molar-refractivity contribution in [3.05, 3.63) is 29.3 Å². The first-order valence-electron chi connectivity index (χ1n) is 9.68. The minimum atomic E-state index is -3.34. The first-order valence-corrected chi connectivity index (χ1v) is 11.1. The molecule has 2 saturated heterocycles. The average Bonchev–Trinajstić information content (AvgIpc) is 3.11. The van der Waals surface area contributed by atoms with Crippen molar-refractivity contribution >= 4 is 10.0 Å². The van der Waals surface area contributed by atoms with Gasteiger partial charge in [0.25, 0.3) is 0 Å². The van der Waals surface area contributed by atoms with E-state index in [1.54, 1.807) is 10.4 Å². The van der Waals surface area contributed by atoms with E-state index in [1.165, 1.54) is 24.0 Å². The van der Waals surface area contributed by atoms with E-state index in [1.807, 2.05) is 12.1 Å². The molecule has 1 aromatic rings. The molecule has 0 aromatic heterocycles. The number of aryl methyl sites for hydroxylation is 2. The third-order valence-electron chi connectivity index (χ3n) is 6.01. The van der Waals surface area contributed by atoms with Crippen molar-refractivity contribution in [3.8, 4) is 0 Å². The van der Waals surface area contributed by atoms with Crippen LogP contribution in [0.15, 0.2) is 23.1 Å². The number of piperidine rings is 1. The molecule has 0 bridgehead atoms. The average molecular weight is 364 g/mol. The second kappa shape index (κ2) is 7.35. The molecular formula is C19H29N3O2S. The van der Waals surface area contributed by atoms with E-state index in [0.717, 1.165) is 57.9 Å². The number of hydrogen-bond acceptors (Lipinski definition) is 4. The Hall–Kier alpha value is -0.950. The summed E-state index contributed by atoms with van der Waals surface area (Å²) in [6.45, 7) is 6.31. The lowest BCUT2D eigenvalue weighted by atomic mass is 9.97. The summed E-state index contributed by atoms with van der Waals surface area (Å²) in [7, 11) is -3.34. The molecule has 0 saturated carbocycles. The van der Waals surface area contributed by atoms with Crippen LogP contribution in [0.2, 0.25) is 0 Å². The van der Waals surface area contributed by atoms with Gasteiger partial charge in [0.15, 0.2) is 0 Å². The normalized spacial score (nSPS) is 23.7. The van der Waals surface area contributed by atoms with Gasteiger partial charge in [-0.1, -0.05) is 6.07 Å². The molecule has 2 fully saturated rings. The molecule has 5 nitrogen and oxygen atoms in total. The molecule has 4 rings (SSSR count). The molecule has 2 aliphatic heterocycles. The lowest BCUT2D eigenvalue weighted by Crippen LogP contribution is -2.50. The SMILES string of the molecule is O=S(=O)(c1ccc2c(c1)CCC2)N1CCN(CC2CCNCC2)CC1. The maximum atomic E-state index is 13.0. The van der Waals surface area contributed by atoms with Crippen molar-refractivity contribution in [2.75, 3.05) is 45.8 Å². The van der Waals surface area contributed by atoms with Crippen molar-refractivity contribution in [2.45, 2.75) is 37.0 Å². The van der Waals surface area contributed by atoms with Crippen LogP contribution in [0.3, 0.4) is 0 Å². The summed E-state index contributed by atoms with van der Waals surface area (Å²) in [6.07, 6.45) is 5.74. The maximum absolute atomic E-state index is 13.0. The van der Waals surface area contributed by atoms with Gasteiger partial charge in [0.1, 0.15) is 0 Å². The van der Waals surface area contributed by atoms with Crippen molar-refractivity contribution in [3.63, 3.8) is 0 Å². The smallest absolute Gasteiger partial charge is 0.243 e. The second-order valence-corrected chi connectivity index (χ2v) is 9.62. The van der Waals surface area contributed by atoms with Gasteiger partial charge >= 0.3 is 0 Å². The lowest BCUT2D eigenvalue weighted by molar-refractivity contribution is 0.152. The zero-order valence-corrected chi connectivity index (χ0v) is 15.7. The van der Waals surface area contributed by atoms with E-state index in [9.17, 15) is 8.42 Å². The van der Waals surface area contributed by atoms with Crippen LogP contribution in [-0.2, 0) is 22.9 Å². The molecule has 25 heavy (non-hydrogen) atoms. The zero-order valence-electron chi connectivity index (χ0n) is 14.9. The molecule has 0 spiro atoms. The molecular weight excluding hydrogens is 334 g/mol. The molecule has 0 atom stereocenters. The number of hydrogen-bond donors (Lipinski definition) is 1. The van der Waals surface area contributed by atoms with Crippen LogP contribution in [0, 0.1) is 5.92 Å². The van der Waals surface area contributed by atoms with Crippen LogP contribution in [-0.4, -0.2) is 63.4 Å². The Bertz CT molecular complexity index is 705. The molecule has 1 aromatic carbocycles. The van der Waals surface area contributed by atoms with E-state index >= 15 is 0 Å². The summed E-state index contributed by atoms with van der Waals surface area (Å²) >= 11 is 0. The largest absolute Gasteiger partial charge is 0.317 e. The number of benzene rings is 1. The molecule has 0 radical (unpaired) electrons. The predicted octanol–water partition coefficient (Wildman–Crippen LogP) is 1.48. The van der Waals surface area contributed by atoms with Gasteiger partial charge in [-0.3, -0.25) is 0 Å². The lowest BCUT2D eigenvalue weighted by Gasteiger charge is -2.36. The standard InChI is InChI=1S/C19H29N3O2S/c23-25(24,19-5-4-17-2-1-3-18(17)14-19)22-12-10-21(11-13-22)15-16-6-8-20-9-7-16/h4-5,14,16,20H,1-3,6-13,15H2. The van der Waals surface area contributed by atoms with Gasteiger partial charge in [-0.2, -0.15) is 4.31 Å². The Balaban J connectivity index is 1.37. The molecule has 0 unspecified atom stereocenters. The summed E-state index contributed by atoms with van der Waals surface area (Å²) in [5, 5.41) is 3.41. The number of rotatable bonds is 4. The van der Waals surface area contributed by atoms with E-state index in [4.69, 9.17) is 0 Å². The summed E-state index contributed by atoms with van der Waals surface area (Å²) < 4.78 is 27.6. The highest BCUT2D eigenvalue weighted by Crippen LogP contribution is 2.27. The molecule has 1 aliphatic carbocycles. The fourth-order valence-electron chi connectivity index (χ4n) is 4.44. The Morgan fingerprint density at radius 1 is 1.00 bits per heavy atom. The molecule has 2 heterocycles. The summed E-state index contributed by atoms with van der Waals surface area (Å²) in [6, 6.07) is 5.74. The first kappa shape index (κ1) is 17.5. The van der Waals surface area contributed by atoms with E-state index in [-0.39, 0.29) is 0 Å². The van der Waals surface area contributed by atoms with Crippen LogP contribution < -0.4 is 5.32 Å². The monoisotopic (exact) mass is 363 g/mol. The fourth-order valence-corrected chi connectivity index (χ4v) is 5.91.